The molecule has 140 valence electrons. The third-order valence-corrected chi connectivity index (χ3v) is 7.92. The molecule has 28 heavy (non-hydrogen) atoms. The molecule has 0 amide bonds. The smallest absolute Gasteiger partial charge is 0.123 e. The average Bonchev–Trinajstić information content (AvgIpc) is 3.47. The zero-order valence-electron chi connectivity index (χ0n) is 15.7. The van der Waals surface area contributed by atoms with E-state index in [1.807, 2.05) is 41.0 Å². The second-order valence-electron chi connectivity index (χ2n) is 7.12. The van der Waals surface area contributed by atoms with E-state index in [0.717, 1.165) is 42.5 Å². The van der Waals surface area contributed by atoms with Gasteiger partial charge in [-0.15, -0.1) is 22.7 Å². The summed E-state index contributed by atoms with van der Waals surface area (Å²) in [6.07, 6.45) is 6.36. The van der Waals surface area contributed by atoms with Crippen molar-refractivity contribution < 1.29 is 4.39 Å². The van der Waals surface area contributed by atoms with Crippen LogP contribution in [0.25, 0.3) is 31.5 Å². The molecule has 0 radical (unpaired) electrons. The summed E-state index contributed by atoms with van der Waals surface area (Å²) in [5, 5.41) is 0. The van der Waals surface area contributed by atoms with Crippen LogP contribution in [0.2, 0.25) is 0 Å². The SMILES string of the molecule is CCc1ccc(-c2ccc(-c3ncc(-c4ccc(F)cc4)c4c3CCC4)s2)s1. The van der Waals surface area contributed by atoms with Gasteiger partial charge in [0.2, 0.25) is 0 Å². The van der Waals surface area contributed by atoms with E-state index in [1.54, 1.807) is 0 Å². The Morgan fingerprint density at radius 3 is 2.36 bits per heavy atom. The van der Waals surface area contributed by atoms with Crippen LogP contribution in [0.3, 0.4) is 0 Å². The zero-order valence-corrected chi connectivity index (χ0v) is 17.3. The number of aromatic nitrogens is 1. The molecule has 0 spiro atoms. The third kappa shape index (κ3) is 3.11. The first-order chi connectivity index (χ1) is 13.7. The van der Waals surface area contributed by atoms with E-state index in [2.05, 4.69) is 31.2 Å². The first-order valence-electron chi connectivity index (χ1n) is 9.69. The predicted molar refractivity (Wildman–Crippen MR) is 118 cm³/mol. The van der Waals surface area contributed by atoms with Gasteiger partial charge in [-0.05, 0) is 78.8 Å². The minimum absolute atomic E-state index is 0.198. The summed E-state index contributed by atoms with van der Waals surface area (Å²) in [6, 6.07) is 15.7. The van der Waals surface area contributed by atoms with Crippen molar-refractivity contribution in [2.45, 2.75) is 32.6 Å². The van der Waals surface area contributed by atoms with Gasteiger partial charge in [0.25, 0.3) is 0 Å². The second kappa shape index (κ2) is 7.26. The van der Waals surface area contributed by atoms with Gasteiger partial charge in [-0.3, -0.25) is 4.98 Å². The van der Waals surface area contributed by atoms with Crippen molar-refractivity contribution in [1.29, 1.82) is 0 Å². The third-order valence-electron chi connectivity index (χ3n) is 5.40. The minimum atomic E-state index is -0.198. The standard InChI is InChI=1S/C24H20FNS2/c1-2-17-10-11-21(27-17)22-12-13-23(28-22)24-19-5-3-4-18(19)20(14-26-24)15-6-8-16(25)9-7-15/h6-14H,2-5H2,1H3. The van der Waals surface area contributed by atoms with Gasteiger partial charge in [0, 0.05) is 26.4 Å². The lowest BCUT2D eigenvalue weighted by atomic mass is 9.97. The molecular weight excluding hydrogens is 385 g/mol. The highest BCUT2D eigenvalue weighted by atomic mass is 32.1. The van der Waals surface area contributed by atoms with Gasteiger partial charge in [-0.2, -0.15) is 0 Å². The molecule has 0 aliphatic heterocycles. The van der Waals surface area contributed by atoms with E-state index < -0.39 is 0 Å². The Balaban J connectivity index is 1.55. The Bertz CT molecular complexity index is 1140. The molecule has 3 aromatic heterocycles. The van der Waals surface area contributed by atoms with Crippen LogP contribution in [0, 0.1) is 5.82 Å². The molecule has 3 heterocycles. The molecule has 4 aromatic rings. The van der Waals surface area contributed by atoms with Crippen molar-refractivity contribution in [2.24, 2.45) is 0 Å². The molecule has 5 rings (SSSR count). The van der Waals surface area contributed by atoms with Crippen LogP contribution in [-0.4, -0.2) is 4.98 Å². The number of aryl methyl sites for hydroxylation is 1. The monoisotopic (exact) mass is 405 g/mol. The lowest BCUT2D eigenvalue weighted by molar-refractivity contribution is 0.628. The van der Waals surface area contributed by atoms with Gasteiger partial charge in [0.15, 0.2) is 0 Å². The maximum absolute atomic E-state index is 13.3. The molecule has 0 N–H and O–H groups in total. The van der Waals surface area contributed by atoms with Gasteiger partial charge in [0.1, 0.15) is 5.82 Å². The van der Waals surface area contributed by atoms with Crippen LogP contribution in [0.4, 0.5) is 4.39 Å². The van der Waals surface area contributed by atoms with Crippen LogP contribution in [0.5, 0.6) is 0 Å². The summed E-state index contributed by atoms with van der Waals surface area (Å²) in [5.74, 6) is -0.198. The lowest BCUT2D eigenvalue weighted by Crippen LogP contribution is -1.95. The number of fused-ring (bicyclic) bond motifs is 1. The highest BCUT2D eigenvalue weighted by Crippen LogP contribution is 2.42. The minimum Gasteiger partial charge on any atom is -0.254 e. The maximum atomic E-state index is 13.3. The summed E-state index contributed by atoms with van der Waals surface area (Å²) in [5.41, 5.74) is 6.09. The Hall–Kier alpha value is -2.30. The molecule has 0 fully saturated rings. The molecule has 0 saturated heterocycles. The highest BCUT2D eigenvalue weighted by molar-refractivity contribution is 7.23. The van der Waals surface area contributed by atoms with Crippen LogP contribution in [-0.2, 0) is 19.3 Å². The Morgan fingerprint density at radius 2 is 1.57 bits per heavy atom. The highest BCUT2D eigenvalue weighted by Gasteiger charge is 2.22. The summed E-state index contributed by atoms with van der Waals surface area (Å²) in [6.45, 7) is 2.20. The van der Waals surface area contributed by atoms with E-state index in [1.165, 1.54) is 42.8 Å². The first-order valence-corrected chi connectivity index (χ1v) is 11.3. The average molecular weight is 406 g/mol. The number of rotatable bonds is 4. The van der Waals surface area contributed by atoms with Crippen molar-refractivity contribution in [3.8, 4) is 31.5 Å². The molecular formula is C24H20FNS2. The van der Waals surface area contributed by atoms with Crippen molar-refractivity contribution in [3.05, 3.63) is 76.5 Å². The quantitative estimate of drug-likeness (QED) is 0.345. The number of pyridine rings is 1. The molecule has 0 saturated carbocycles. The number of thiophene rings is 2. The first kappa shape index (κ1) is 17.8. The fraction of sp³-hybridized carbons (Fsp3) is 0.208. The normalized spacial score (nSPS) is 13.1. The molecule has 1 nitrogen and oxygen atoms in total. The van der Waals surface area contributed by atoms with Crippen LogP contribution in [0.15, 0.2) is 54.7 Å². The zero-order chi connectivity index (χ0) is 19.1. The van der Waals surface area contributed by atoms with E-state index in [9.17, 15) is 4.39 Å². The van der Waals surface area contributed by atoms with Crippen LogP contribution in [0.1, 0.15) is 29.3 Å². The number of hydrogen-bond donors (Lipinski definition) is 0. The van der Waals surface area contributed by atoms with Gasteiger partial charge >= 0.3 is 0 Å². The topological polar surface area (TPSA) is 12.9 Å². The largest absolute Gasteiger partial charge is 0.254 e. The Labute approximate surface area is 172 Å². The molecule has 0 unspecified atom stereocenters. The molecule has 1 aromatic carbocycles. The second-order valence-corrected chi connectivity index (χ2v) is 9.37. The summed E-state index contributed by atoms with van der Waals surface area (Å²) in [4.78, 5) is 10.2. The van der Waals surface area contributed by atoms with Gasteiger partial charge in [-0.25, -0.2) is 4.39 Å². The molecule has 1 aliphatic carbocycles. The van der Waals surface area contributed by atoms with E-state index in [0.29, 0.717) is 0 Å². The van der Waals surface area contributed by atoms with E-state index in [-0.39, 0.29) is 5.82 Å². The van der Waals surface area contributed by atoms with Crippen molar-refractivity contribution >= 4 is 22.7 Å². The van der Waals surface area contributed by atoms with E-state index >= 15 is 0 Å². The van der Waals surface area contributed by atoms with Gasteiger partial charge < -0.3 is 0 Å². The fourth-order valence-corrected chi connectivity index (χ4v) is 6.04. The number of hydrogen-bond acceptors (Lipinski definition) is 3. The molecule has 0 bridgehead atoms. The van der Waals surface area contributed by atoms with Gasteiger partial charge in [-0.1, -0.05) is 19.1 Å². The predicted octanol–water partition coefficient (Wildman–Crippen LogP) is 7.40. The fourth-order valence-electron chi connectivity index (χ4n) is 3.98. The van der Waals surface area contributed by atoms with Crippen LogP contribution < -0.4 is 0 Å². The van der Waals surface area contributed by atoms with Crippen molar-refractivity contribution in [2.75, 3.05) is 0 Å². The Kier molecular flexibility index (Phi) is 4.61. The number of nitrogens with zero attached hydrogens (tertiary/aromatic N) is 1. The van der Waals surface area contributed by atoms with E-state index in [4.69, 9.17) is 4.98 Å². The summed E-state index contributed by atoms with van der Waals surface area (Å²) in [7, 11) is 0. The maximum Gasteiger partial charge on any atom is 0.123 e. The lowest BCUT2D eigenvalue weighted by Gasteiger charge is -2.12. The van der Waals surface area contributed by atoms with Crippen molar-refractivity contribution in [3.63, 3.8) is 0 Å². The molecule has 1 aliphatic rings. The van der Waals surface area contributed by atoms with Gasteiger partial charge in [0.05, 0.1) is 10.6 Å². The van der Waals surface area contributed by atoms with Crippen molar-refractivity contribution in [1.82, 2.24) is 4.98 Å². The molecule has 4 heteroatoms. The summed E-state index contributed by atoms with van der Waals surface area (Å²) >= 11 is 3.71. The number of halogens is 1. The molecule has 0 atom stereocenters. The number of benzene rings is 1. The summed E-state index contributed by atoms with van der Waals surface area (Å²) < 4.78 is 13.3. The Morgan fingerprint density at radius 1 is 0.857 bits per heavy atom. The van der Waals surface area contributed by atoms with Crippen LogP contribution >= 0.6 is 22.7 Å².